The average Bonchev–Trinajstić information content (AvgIpc) is 3.22. The molecule has 122 valence electrons. The molecule has 0 bridgehead atoms. The van der Waals surface area contributed by atoms with Gasteiger partial charge in [0.15, 0.2) is 0 Å². The Morgan fingerprint density at radius 2 is 1.27 bits per heavy atom. The average molecular weight is 306 g/mol. The highest BCUT2D eigenvalue weighted by atomic mass is 16.5. The van der Waals surface area contributed by atoms with Crippen LogP contribution in [0.2, 0.25) is 0 Å². The standard InChI is InChI=1S/C18H26O4/c1-3-19-13-9-15(17-7-5-11-21-17)16(10-14-20-4-2)18-8-6-12-22-18/h5-8,11-12,15-16H,3-4,9-10,13-14H2,1-2H3. The van der Waals surface area contributed by atoms with Gasteiger partial charge in [0.2, 0.25) is 0 Å². The summed E-state index contributed by atoms with van der Waals surface area (Å²) < 4.78 is 22.5. The van der Waals surface area contributed by atoms with Gasteiger partial charge in [-0.05, 0) is 51.0 Å². The van der Waals surface area contributed by atoms with E-state index in [1.165, 1.54) is 0 Å². The molecule has 0 saturated carbocycles. The first-order chi connectivity index (χ1) is 10.9. The summed E-state index contributed by atoms with van der Waals surface area (Å²) in [4.78, 5) is 0. The molecular weight excluding hydrogens is 280 g/mol. The van der Waals surface area contributed by atoms with Crippen LogP contribution in [0.3, 0.4) is 0 Å². The second-order valence-electron chi connectivity index (χ2n) is 5.22. The summed E-state index contributed by atoms with van der Waals surface area (Å²) in [6.45, 7) is 6.92. The van der Waals surface area contributed by atoms with E-state index in [9.17, 15) is 0 Å². The highest BCUT2D eigenvalue weighted by molar-refractivity contribution is 5.16. The summed E-state index contributed by atoms with van der Waals surface area (Å²) in [5, 5.41) is 0. The van der Waals surface area contributed by atoms with Gasteiger partial charge in [-0.1, -0.05) is 0 Å². The minimum Gasteiger partial charge on any atom is -0.469 e. The summed E-state index contributed by atoms with van der Waals surface area (Å²) >= 11 is 0. The minimum absolute atomic E-state index is 0.230. The lowest BCUT2D eigenvalue weighted by molar-refractivity contribution is 0.117. The molecule has 0 spiro atoms. The Morgan fingerprint density at radius 1 is 0.818 bits per heavy atom. The molecule has 0 aliphatic carbocycles. The summed E-state index contributed by atoms with van der Waals surface area (Å²) in [6.07, 6.45) is 5.26. The van der Waals surface area contributed by atoms with Crippen LogP contribution in [0, 0.1) is 0 Å². The van der Waals surface area contributed by atoms with E-state index in [0.29, 0.717) is 13.2 Å². The maximum Gasteiger partial charge on any atom is 0.107 e. The zero-order valence-electron chi connectivity index (χ0n) is 13.5. The number of hydrogen-bond acceptors (Lipinski definition) is 4. The fraction of sp³-hybridized carbons (Fsp3) is 0.556. The van der Waals surface area contributed by atoms with Crippen molar-refractivity contribution in [1.29, 1.82) is 0 Å². The Kier molecular flexibility index (Phi) is 7.26. The first-order valence-corrected chi connectivity index (χ1v) is 8.09. The number of furan rings is 2. The van der Waals surface area contributed by atoms with Crippen molar-refractivity contribution >= 4 is 0 Å². The summed E-state index contributed by atoms with van der Waals surface area (Å²) in [7, 11) is 0. The van der Waals surface area contributed by atoms with Gasteiger partial charge in [-0.2, -0.15) is 0 Å². The third kappa shape index (κ3) is 4.75. The lowest BCUT2D eigenvalue weighted by atomic mass is 9.83. The molecule has 4 heteroatoms. The van der Waals surface area contributed by atoms with E-state index in [-0.39, 0.29) is 11.8 Å². The predicted octanol–water partition coefficient (Wildman–Crippen LogP) is 4.59. The molecule has 2 heterocycles. The molecule has 0 radical (unpaired) electrons. The van der Waals surface area contributed by atoms with Crippen LogP contribution >= 0.6 is 0 Å². The van der Waals surface area contributed by atoms with Gasteiger partial charge >= 0.3 is 0 Å². The molecular formula is C18H26O4. The van der Waals surface area contributed by atoms with Gasteiger partial charge in [0.25, 0.3) is 0 Å². The van der Waals surface area contributed by atoms with Crippen molar-refractivity contribution in [3.8, 4) is 0 Å². The molecule has 2 atom stereocenters. The molecule has 0 saturated heterocycles. The molecule has 2 aromatic rings. The van der Waals surface area contributed by atoms with Crippen molar-refractivity contribution in [2.75, 3.05) is 26.4 Å². The van der Waals surface area contributed by atoms with Gasteiger partial charge in [0, 0.05) is 38.3 Å². The first kappa shape index (κ1) is 16.8. The molecule has 2 unspecified atom stereocenters. The highest BCUT2D eigenvalue weighted by Crippen LogP contribution is 2.38. The fourth-order valence-electron chi connectivity index (χ4n) is 2.80. The van der Waals surface area contributed by atoms with Crippen LogP contribution in [0.4, 0.5) is 0 Å². The molecule has 22 heavy (non-hydrogen) atoms. The number of ether oxygens (including phenoxy) is 2. The van der Waals surface area contributed by atoms with Crippen molar-refractivity contribution in [2.45, 2.75) is 38.5 Å². The third-order valence-corrected chi connectivity index (χ3v) is 3.86. The van der Waals surface area contributed by atoms with Crippen LogP contribution in [0.5, 0.6) is 0 Å². The van der Waals surface area contributed by atoms with E-state index in [1.807, 2.05) is 38.1 Å². The second kappa shape index (κ2) is 9.49. The van der Waals surface area contributed by atoms with Crippen LogP contribution in [0.25, 0.3) is 0 Å². The van der Waals surface area contributed by atoms with Crippen molar-refractivity contribution in [2.24, 2.45) is 0 Å². The van der Waals surface area contributed by atoms with Crippen LogP contribution in [0.1, 0.15) is 50.0 Å². The normalized spacial score (nSPS) is 14.1. The smallest absolute Gasteiger partial charge is 0.107 e. The molecule has 0 fully saturated rings. The van der Waals surface area contributed by atoms with E-state index < -0.39 is 0 Å². The van der Waals surface area contributed by atoms with Crippen molar-refractivity contribution in [1.82, 2.24) is 0 Å². The van der Waals surface area contributed by atoms with Gasteiger partial charge in [-0.15, -0.1) is 0 Å². The molecule has 0 aliphatic rings. The Balaban J connectivity index is 2.14. The van der Waals surface area contributed by atoms with Gasteiger partial charge in [-0.25, -0.2) is 0 Å². The molecule has 2 aromatic heterocycles. The highest BCUT2D eigenvalue weighted by Gasteiger charge is 2.28. The zero-order valence-corrected chi connectivity index (χ0v) is 13.5. The number of hydrogen-bond donors (Lipinski definition) is 0. The summed E-state index contributed by atoms with van der Waals surface area (Å²) in [5.41, 5.74) is 0. The van der Waals surface area contributed by atoms with E-state index in [2.05, 4.69) is 0 Å². The van der Waals surface area contributed by atoms with Gasteiger partial charge in [0.1, 0.15) is 11.5 Å². The van der Waals surface area contributed by atoms with E-state index in [1.54, 1.807) is 12.5 Å². The first-order valence-electron chi connectivity index (χ1n) is 8.09. The molecule has 4 nitrogen and oxygen atoms in total. The Labute approximate surface area is 132 Å². The second-order valence-corrected chi connectivity index (χ2v) is 5.22. The fourth-order valence-corrected chi connectivity index (χ4v) is 2.80. The van der Waals surface area contributed by atoms with Crippen LogP contribution in [-0.2, 0) is 9.47 Å². The third-order valence-electron chi connectivity index (χ3n) is 3.86. The monoisotopic (exact) mass is 306 g/mol. The molecule has 0 amide bonds. The Morgan fingerprint density at radius 3 is 1.59 bits per heavy atom. The SMILES string of the molecule is CCOCCC(c1ccco1)C(CCOCC)c1ccco1. The quantitative estimate of drug-likeness (QED) is 0.569. The van der Waals surface area contributed by atoms with Crippen molar-refractivity contribution in [3.63, 3.8) is 0 Å². The van der Waals surface area contributed by atoms with Crippen LogP contribution in [-0.4, -0.2) is 26.4 Å². The molecule has 0 aliphatic heterocycles. The van der Waals surface area contributed by atoms with Gasteiger partial charge < -0.3 is 18.3 Å². The van der Waals surface area contributed by atoms with E-state index >= 15 is 0 Å². The van der Waals surface area contributed by atoms with Crippen molar-refractivity contribution < 1.29 is 18.3 Å². The maximum absolute atomic E-state index is 5.67. The lowest BCUT2D eigenvalue weighted by Gasteiger charge is -2.24. The Bertz CT molecular complexity index is 429. The minimum atomic E-state index is 0.230. The van der Waals surface area contributed by atoms with E-state index in [0.717, 1.165) is 37.6 Å². The van der Waals surface area contributed by atoms with Gasteiger partial charge in [-0.3, -0.25) is 0 Å². The predicted molar refractivity (Wildman–Crippen MR) is 85.1 cm³/mol. The van der Waals surface area contributed by atoms with E-state index in [4.69, 9.17) is 18.3 Å². The van der Waals surface area contributed by atoms with Crippen molar-refractivity contribution in [3.05, 3.63) is 48.3 Å². The zero-order chi connectivity index (χ0) is 15.6. The topological polar surface area (TPSA) is 44.7 Å². The van der Waals surface area contributed by atoms with Gasteiger partial charge in [0.05, 0.1) is 12.5 Å². The lowest BCUT2D eigenvalue weighted by Crippen LogP contribution is -2.15. The molecule has 2 rings (SSSR count). The summed E-state index contributed by atoms with van der Waals surface area (Å²) in [5.74, 6) is 2.43. The number of rotatable bonds is 11. The van der Waals surface area contributed by atoms with Crippen LogP contribution < -0.4 is 0 Å². The molecule has 0 N–H and O–H groups in total. The van der Waals surface area contributed by atoms with Crippen LogP contribution in [0.15, 0.2) is 45.6 Å². The Hall–Kier alpha value is -1.52. The molecule has 0 aromatic carbocycles. The largest absolute Gasteiger partial charge is 0.469 e. The summed E-state index contributed by atoms with van der Waals surface area (Å²) in [6, 6.07) is 7.94. The maximum atomic E-state index is 5.67.